The van der Waals surface area contributed by atoms with E-state index in [0.717, 1.165) is 0 Å². The lowest BCUT2D eigenvalue weighted by Crippen LogP contribution is -2.26. The normalized spacial score (nSPS) is 12.0. The fraction of sp³-hybridized carbons (Fsp3) is 0.188. The summed E-state index contributed by atoms with van der Waals surface area (Å²) in [6, 6.07) is 11.5. The largest absolute Gasteiger partial charge is 0.481 e. The molecule has 2 rings (SSSR count). The lowest BCUT2D eigenvalue weighted by Gasteiger charge is -2.18. The Labute approximate surface area is 136 Å². The van der Waals surface area contributed by atoms with Crippen LogP contribution >= 0.6 is 27.5 Å². The van der Waals surface area contributed by atoms with E-state index in [2.05, 4.69) is 15.9 Å². The maximum atomic E-state index is 13.5. The van der Waals surface area contributed by atoms with Gasteiger partial charge in [-0.15, -0.1) is 0 Å². The van der Waals surface area contributed by atoms with Gasteiger partial charge in [0, 0.05) is 11.6 Å². The van der Waals surface area contributed by atoms with Crippen molar-refractivity contribution in [1.29, 1.82) is 0 Å². The van der Waals surface area contributed by atoms with Crippen LogP contribution in [0.15, 0.2) is 46.9 Å². The maximum Gasteiger partial charge on any atom is 0.203 e. The molecule has 0 aliphatic carbocycles. The average molecular weight is 372 g/mol. The van der Waals surface area contributed by atoms with E-state index in [-0.39, 0.29) is 16.6 Å². The summed E-state index contributed by atoms with van der Waals surface area (Å²) in [4.78, 5) is 12.4. The average Bonchev–Trinajstić information content (AvgIpc) is 2.50. The van der Waals surface area contributed by atoms with Crippen molar-refractivity contribution in [3.63, 3.8) is 0 Å². The van der Waals surface area contributed by atoms with E-state index in [9.17, 15) is 9.18 Å². The number of ketones is 1. The van der Waals surface area contributed by atoms with Crippen molar-refractivity contribution in [3.05, 3.63) is 63.3 Å². The Hall–Kier alpha value is -1.39. The molecular weight excluding hydrogens is 359 g/mol. The Morgan fingerprint density at radius 3 is 2.62 bits per heavy atom. The van der Waals surface area contributed by atoms with E-state index in [1.807, 2.05) is 13.0 Å². The first-order valence-corrected chi connectivity index (χ1v) is 7.60. The molecule has 2 aromatic rings. The molecule has 0 heterocycles. The molecule has 0 fully saturated rings. The third-order valence-electron chi connectivity index (χ3n) is 2.97. The minimum absolute atomic E-state index is 0.00309. The van der Waals surface area contributed by atoms with Crippen molar-refractivity contribution >= 4 is 33.3 Å². The highest BCUT2D eigenvalue weighted by Crippen LogP contribution is 2.31. The molecule has 1 atom stereocenters. The molecule has 0 radical (unpaired) electrons. The molecule has 0 aromatic heterocycles. The van der Waals surface area contributed by atoms with Crippen LogP contribution in [0.2, 0.25) is 5.02 Å². The minimum Gasteiger partial charge on any atom is -0.481 e. The second-order valence-corrected chi connectivity index (χ2v) is 5.70. The first-order chi connectivity index (χ1) is 10.0. The summed E-state index contributed by atoms with van der Waals surface area (Å²) in [6.45, 7) is 1.84. The van der Waals surface area contributed by atoms with Gasteiger partial charge in [-0.2, -0.15) is 0 Å². The number of Topliss-reactive ketones (excluding diaryl/α,β-unsaturated/α-hetero) is 1. The van der Waals surface area contributed by atoms with Gasteiger partial charge in [0.05, 0.1) is 9.50 Å². The van der Waals surface area contributed by atoms with Crippen LogP contribution in [0.25, 0.3) is 0 Å². The molecule has 0 saturated heterocycles. The zero-order chi connectivity index (χ0) is 15.4. The van der Waals surface area contributed by atoms with Gasteiger partial charge in [0.15, 0.2) is 6.10 Å². The topological polar surface area (TPSA) is 26.3 Å². The number of rotatable bonds is 5. The van der Waals surface area contributed by atoms with Crippen LogP contribution in [-0.2, 0) is 0 Å². The second-order valence-electron chi connectivity index (χ2n) is 4.44. The van der Waals surface area contributed by atoms with Crippen LogP contribution in [-0.4, -0.2) is 11.9 Å². The summed E-state index contributed by atoms with van der Waals surface area (Å²) < 4.78 is 19.7. The first-order valence-electron chi connectivity index (χ1n) is 6.43. The molecule has 110 valence electrons. The van der Waals surface area contributed by atoms with Gasteiger partial charge in [-0.3, -0.25) is 4.79 Å². The Kier molecular flexibility index (Phi) is 5.37. The number of halogens is 3. The summed E-state index contributed by atoms with van der Waals surface area (Å²) in [6.07, 6.45) is -0.200. The Morgan fingerprint density at radius 1 is 1.33 bits per heavy atom. The molecule has 0 bridgehead atoms. The molecule has 0 aliphatic heterocycles. The predicted octanol–water partition coefficient (Wildman–Crippen LogP) is 5.28. The maximum absolute atomic E-state index is 13.5. The standard InChI is InChI=1S/C16H13BrClFO2/c1-2-14(16(20)10-6-4-3-5-7-10)21-15-9-13(19)12(18)8-11(15)17/h3-9,14H,2H2,1H3. The summed E-state index contributed by atoms with van der Waals surface area (Å²) in [7, 11) is 0. The molecule has 0 spiro atoms. The van der Waals surface area contributed by atoms with E-state index in [4.69, 9.17) is 16.3 Å². The number of hydrogen-bond acceptors (Lipinski definition) is 2. The number of benzene rings is 2. The number of carbonyl (C=O) groups is 1. The number of hydrogen-bond donors (Lipinski definition) is 0. The quantitative estimate of drug-likeness (QED) is 0.528. The summed E-state index contributed by atoms with van der Waals surface area (Å²) in [5.41, 5.74) is 0.565. The van der Waals surface area contributed by atoms with Crippen LogP contribution in [0.3, 0.4) is 0 Å². The molecule has 0 amide bonds. The van der Waals surface area contributed by atoms with Gasteiger partial charge in [0.1, 0.15) is 11.6 Å². The monoisotopic (exact) mass is 370 g/mol. The van der Waals surface area contributed by atoms with E-state index in [1.54, 1.807) is 24.3 Å². The van der Waals surface area contributed by atoms with E-state index >= 15 is 0 Å². The Balaban J connectivity index is 2.24. The van der Waals surface area contributed by atoms with Crippen molar-refractivity contribution in [1.82, 2.24) is 0 Å². The molecule has 2 aromatic carbocycles. The number of carbonyl (C=O) groups excluding carboxylic acids is 1. The molecule has 0 saturated carbocycles. The van der Waals surface area contributed by atoms with Crippen LogP contribution in [0, 0.1) is 5.82 Å². The molecule has 1 unspecified atom stereocenters. The fourth-order valence-corrected chi connectivity index (χ4v) is 2.59. The Morgan fingerprint density at radius 2 is 2.00 bits per heavy atom. The summed E-state index contributed by atoms with van der Waals surface area (Å²) in [5.74, 6) is -0.467. The molecule has 0 N–H and O–H groups in total. The smallest absolute Gasteiger partial charge is 0.203 e. The molecule has 0 aliphatic rings. The van der Waals surface area contributed by atoms with Crippen molar-refractivity contribution in [2.75, 3.05) is 0 Å². The van der Waals surface area contributed by atoms with Crippen molar-refractivity contribution in [2.45, 2.75) is 19.4 Å². The number of ether oxygens (including phenoxy) is 1. The first kappa shape index (κ1) is 16.0. The highest BCUT2D eigenvalue weighted by molar-refractivity contribution is 9.10. The highest BCUT2D eigenvalue weighted by atomic mass is 79.9. The van der Waals surface area contributed by atoms with Crippen molar-refractivity contribution in [2.24, 2.45) is 0 Å². The lowest BCUT2D eigenvalue weighted by atomic mass is 10.0. The van der Waals surface area contributed by atoms with Crippen molar-refractivity contribution < 1.29 is 13.9 Å². The molecule has 2 nitrogen and oxygen atoms in total. The third kappa shape index (κ3) is 3.83. The van der Waals surface area contributed by atoms with Gasteiger partial charge in [-0.05, 0) is 28.4 Å². The summed E-state index contributed by atoms with van der Waals surface area (Å²) >= 11 is 8.94. The van der Waals surface area contributed by atoms with Gasteiger partial charge in [0.2, 0.25) is 5.78 Å². The van der Waals surface area contributed by atoms with Crippen LogP contribution in [0.5, 0.6) is 5.75 Å². The van der Waals surface area contributed by atoms with E-state index < -0.39 is 11.9 Å². The molecular formula is C16H13BrClFO2. The zero-order valence-corrected chi connectivity index (χ0v) is 13.6. The third-order valence-corrected chi connectivity index (χ3v) is 3.87. The van der Waals surface area contributed by atoms with Crippen LogP contribution in [0.1, 0.15) is 23.7 Å². The molecule has 21 heavy (non-hydrogen) atoms. The van der Waals surface area contributed by atoms with Gasteiger partial charge >= 0.3 is 0 Å². The summed E-state index contributed by atoms with van der Waals surface area (Å²) in [5, 5.41) is -0.00309. The minimum atomic E-state index is -0.677. The molecule has 5 heteroatoms. The fourth-order valence-electron chi connectivity index (χ4n) is 1.86. The highest BCUT2D eigenvalue weighted by Gasteiger charge is 2.21. The van der Waals surface area contributed by atoms with Gasteiger partial charge in [-0.1, -0.05) is 48.9 Å². The second kappa shape index (κ2) is 7.05. The Bertz CT molecular complexity index is 646. The zero-order valence-electron chi connectivity index (χ0n) is 11.3. The SMILES string of the molecule is CCC(Oc1cc(F)c(Cl)cc1Br)C(=O)c1ccccc1. The van der Waals surface area contributed by atoms with Crippen LogP contribution < -0.4 is 4.74 Å². The lowest BCUT2D eigenvalue weighted by molar-refractivity contribution is 0.0784. The van der Waals surface area contributed by atoms with E-state index in [0.29, 0.717) is 16.5 Å². The van der Waals surface area contributed by atoms with Gasteiger partial charge in [-0.25, -0.2) is 4.39 Å². The van der Waals surface area contributed by atoms with E-state index in [1.165, 1.54) is 12.1 Å². The van der Waals surface area contributed by atoms with Crippen LogP contribution in [0.4, 0.5) is 4.39 Å². The van der Waals surface area contributed by atoms with Crippen molar-refractivity contribution in [3.8, 4) is 5.75 Å². The van der Waals surface area contributed by atoms with Gasteiger partial charge in [0.25, 0.3) is 0 Å². The van der Waals surface area contributed by atoms with Gasteiger partial charge < -0.3 is 4.74 Å². The predicted molar refractivity (Wildman–Crippen MR) is 84.6 cm³/mol.